The van der Waals surface area contributed by atoms with E-state index in [1.807, 2.05) is 24.6 Å². The van der Waals surface area contributed by atoms with Gasteiger partial charge in [-0.25, -0.2) is 4.79 Å². The Bertz CT molecular complexity index is 628. The van der Waals surface area contributed by atoms with Gasteiger partial charge >= 0.3 is 12.1 Å². The Labute approximate surface area is 266 Å². The molecule has 0 saturated heterocycles. The van der Waals surface area contributed by atoms with Crippen molar-refractivity contribution in [3.63, 3.8) is 0 Å². The molecule has 0 radical (unpaired) electrons. The van der Waals surface area contributed by atoms with Gasteiger partial charge in [-0.2, -0.15) is 0 Å². The molecule has 0 aromatic heterocycles. The monoisotopic (exact) mass is 662 g/mol. The molecule has 13 heteroatoms. The van der Waals surface area contributed by atoms with Gasteiger partial charge in [0, 0.05) is 48.7 Å². The van der Waals surface area contributed by atoms with E-state index < -0.39 is 6.16 Å². The predicted molar refractivity (Wildman–Crippen MR) is 180 cm³/mol. The van der Waals surface area contributed by atoms with E-state index in [2.05, 4.69) is 52.2 Å². The first-order valence-electron chi connectivity index (χ1n) is 14.4. The molecule has 41 heavy (non-hydrogen) atoms. The number of hydrogen-bond donors (Lipinski definition) is 2. The molecule has 0 bridgehead atoms. The second-order valence-corrected chi connectivity index (χ2v) is 16.3. The number of nitrogens with one attached hydrogen (secondary N) is 2. The van der Waals surface area contributed by atoms with E-state index in [0.717, 1.165) is 31.7 Å². The smallest absolute Gasteiger partial charge is 0.463 e. The molecule has 0 atom stereocenters. The molecule has 0 aromatic carbocycles. The lowest BCUT2D eigenvalue weighted by molar-refractivity contribution is -0.147. The molecule has 0 fully saturated rings. The molecule has 9 nitrogen and oxygen atoms in total. The van der Waals surface area contributed by atoms with Crippen molar-refractivity contribution >= 4 is 55.3 Å². The van der Waals surface area contributed by atoms with Crippen molar-refractivity contribution in [3.8, 4) is 0 Å². The molecule has 0 amide bonds. The number of ether oxygens (including phenoxy) is 5. The van der Waals surface area contributed by atoms with Crippen LogP contribution in [0.3, 0.4) is 0 Å². The van der Waals surface area contributed by atoms with Crippen LogP contribution >= 0.6 is 43.2 Å². The average Bonchev–Trinajstić information content (AvgIpc) is 2.85. The number of esters is 1. The number of rotatable bonds is 24. The highest BCUT2D eigenvalue weighted by atomic mass is 33.1. The molecule has 2 N–H and O–H groups in total. The lowest BCUT2D eigenvalue weighted by Crippen LogP contribution is -2.35. The molecule has 246 valence electrons. The second kappa shape index (κ2) is 28.7. The predicted octanol–water partition coefficient (Wildman–Crippen LogP) is 7.14. The third-order valence-corrected chi connectivity index (χ3v) is 9.43. The van der Waals surface area contributed by atoms with Gasteiger partial charge in [0.2, 0.25) is 0 Å². The van der Waals surface area contributed by atoms with Crippen LogP contribution in [0.25, 0.3) is 0 Å². The zero-order valence-electron chi connectivity index (χ0n) is 27.1. The summed E-state index contributed by atoms with van der Waals surface area (Å²) >= 11 is 0. The Morgan fingerprint density at radius 3 is 1.95 bits per heavy atom. The van der Waals surface area contributed by atoms with Gasteiger partial charge in [-0.1, -0.05) is 70.9 Å². The van der Waals surface area contributed by atoms with Gasteiger partial charge in [-0.3, -0.25) is 4.79 Å². The summed E-state index contributed by atoms with van der Waals surface area (Å²) in [6.45, 7) is 23.6. The first-order chi connectivity index (χ1) is 19.2. The van der Waals surface area contributed by atoms with E-state index in [1.54, 1.807) is 46.2 Å². The Morgan fingerprint density at radius 2 is 1.34 bits per heavy atom. The number of hydrogen-bond acceptors (Lipinski definition) is 13. The minimum absolute atomic E-state index is 0.0163. The van der Waals surface area contributed by atoms with Crippen molar-refractivity contribution in [2.75, 3.05) is 50.5 Å². The quantitative estimate of drug-likeness (QED) is 0.0474. The normalized spacial score (nSPS) is 11.7. The summed E-state index contributed by atoms with van der Waals surface area (Å²) in [5, 5.41) is 6.80. The molecule has 0 spiro atoms. The molecule has 0 aliphatic rings. The van der Waals surface area contributed by atoms with E-state index in [-0.39, 0.29) is 29.5 Å². The molecule has 0 rings (SSSR count). The SMILES string of the molecule is CC(C)NCC(C)(C)SSCOCCOC(=O)OC(C)C.CC(C)NCCSSCOCCCCC(=O)OC(C)C. The van der Waals surface area contributed by atoms with Crippen molar-refractivity contribution in [1.82, 2.24) is 10.6 Å². The van der Waals surface area contributed by atoms with Crippen molar-refractivity contribution in [3.05, 3.63) is 0 Å². The van der Waals surface area contributed by atoms with Gasteiger partial charge in [0.25, 0.3) is 0 Å². The minimum atomic E-state index is -0.642. The van der Waals surface area contributed by atoms with Crippen molar-refractivity contribution in [2.24, 2.45) is 0 Å². The summed E-state index contributed by atoms with van der Waals surface area (Å²) in [5.41, 5.74) is 0. The average molecular weight is 663 g/mol. The van der Waals surface area contributed by atoms with Crippen LogP contribution in [0.5, 0.6) is 0 Å². The van der Waals surface area contributed by atoms with Crippen LogP contribution in [0.15, 0.2) is 0 Å². The Hall–Kier alpha value is -0.0200. The van der Waals surface area contributed by atoms with E-state index in [1.165, 1.54) is 0 Å². The lowest BCUT2D eigenvalue weighted by atomic mass is 10.2. The molecule has 0 aromatic rings. The Morgan fingerprint density at radius 1 is 0.732 bits per heavy atom. The summed E-state index contributed by atoms with van der Waals surface area (Å²) in [6.07, 6.45) is 1.42. The molecular formula is C28H58N2O7S4. The van der Waals surface area contributed by atoms with Crippen molar-refractivity contribution in [2.45, 2.75) is 118 Å². The van der Waals surface area contributed by atoms with Gasteiger partial charge in [0.05, 0.1) is 18.8 Å². The van der Waals surface area contributed by atoms with Gasteiger partial charge in [0.1, 0.15) is 18.5 Å². The number of unbranched alkanes of at least 4 members (excludes halogenated alkanes) is 1. The largest absolute Gasteiger partial charge is 0.508 e. The highest BCUT2D eigenvalue weighted by Crippen LogP contribution is 2.35. The number of carbonyl (C=O) groups is 2. The van der Waals surface area contributed by atoms with E-state index in [9.17, 15) is 9.59 Å². The zero-order valence-corrected chi connectivity index (χ0v) is 30.3. The molecule has 0 aliphatic heterocycles. The highest BCUT2D eigenvalue weighted by molar-refractivity contribution is 8.77. The topological polar surface area (TPSA) is 104 Å². The molecule has 0 saturated carbocycles. The Kier molecular flexibility index (Phi) is 30.2. The van der Waals surface area contributed by atoms with Crippen LogP contribution in [-0.2, 0) is 28.5 Å². The third-order valence-electron chi connectivity index (χ3n) is 4.37. The highest BCUT2D eigenvalue weighted by Gasteiger charge is 2.19. The lowest BCUT2D eigenvalue weighted by Gasteiger charge is -2.24. The van der Waals surface area contributed by atoms with Gasteiger partial charge in [-0.15, -0.1) is 0 Å². The fourth-order valence-electron chi connectivity index (χ4n) is 2.54. The van der Waals surface area contributed by atoms with Crippen LogP contribution in [0.1, 0.15) is 88.5 Å². The maximum atomic E-state index is 11.3. The summed E-state index contributed by atoms with van der Waals surface area (Å²) < 4.78 is 25.8. The van der Waals surface area contributed by atoms with Crippen molar-refractivity contribution < 1.29 is 33.3 Å². The first-order valence-corrected chi connectivity index (χ1v) is 19.3. The zero-order chi connectivity index (χ0) is 31.5. The van der Waals surface area contributed by atoms with Crippen LogP contribution in [0, 0.1) is 0 Å². The molecule has 0 unspecified atom stereocenters. The van der Waals surface area contributed by atoms with Gasteiger partial charge < -0.3 is 34.3 Å². The van der Waals surface area contributed by atoms with Crippen LogP contribution in [-0.4, -0.2) is 91.7 Å². The molecule has 0 aliphatic carbocycles. The molecular weight excluding hydrogens is 605 g/mol. The summed E-state index contributed by atoms with van der Waals surface area (Å²) in [6, 6.07) is 1.05. The Balaban J connectivity index is 0. The minimum Gasteiger partial charge on any atom is -0.463 e. The van der Waals surface area contributed by atoms with E-state index >= 15 is 0 Å². The molecule has 0 heterocycles. The van der Waals surface area contributed by atoms with Gasteiger partial charge in [-0.05, 0) is 54.4 Å². The number of carbonyl (C=O) groups excluding carboxylic acids is 2. The standard InChI is InChI=1S/C14H29NO4S2.C14H29NO3S2/c1-11(2)15-9-14(5,6)21-20-10-17-7-8-18-13(16)19-12(3)4;1-12(2)15-8-10-19-20-11-17-9-6-5-7-14(16)18-13(3)4/h11-12,15H,7-10H2,1-6H3;12-13,15H,5-11H2,1-4H3. The third kappa shape index (κ3) is 38.0. The van der Waals surface area contributed by atoms with Gasteiger partial charge in [0.15, 0.2) is 0 Å². The first kappa shape index (κ1) is 43.1. The van der Waals surface area contributed by atoms with E-state index in [0.29, 0.717) is 43.6 Å². The summed E-state index contributed by atoms with van der Waals surface area (Å²) in [4.78, 5) is 22.3. The van der Waals surface area contributed by atoms with Crippen LogP contribution < -0.4 is 10.6 Å². The van der Waals surface area contributed by atoms with Crippen molar-refractivity contribution in [1.29, 1.82) is 0 Å². The summed E-state index contributed by atoms with van der Waals surface area (Å²) in [7, 11) is 7.02. The van der Waals surface area contributed by atoms with Crippen LogP contribution in [0.2, 0.25) is 0 Å². The fourth-order valence-corrected chi connectivity index (χ4v) is 6.30. The van der Waals surface area contributed by atoms with E-state index in [4.69, 9.17) is 23.7 Å². The maximum Gasteiger partial charge on any atom is 0.508 e. The van der Waals surface area contributed by atoms with Crippen LogP contribution in [0.4, 0.5) is 4.79 Å². The second-order valence-electron chi connectivity index (χ2n) is 10.9. The summed E-state index contributed by atoms with van der Waals surface area (Å²) in [5.74, 6) is 2.26. The fraction of sp³-hybridized carbons (Fsp3) is 0.929. The maximum absolute atomic E-state index is 11.3.